The van der Waals surface area contributed by atoms with E-state index in [9.17, 15) is 0 Å². The van der Waals surface area contributed by atoms with Crippen molar-refractivity contribution >= 4 is 11.1 Å². The van der Waals surface area contributed by atoms with Crippen LogP contribution in [0, 0.1) is 0 Å². The average Bonchev–Trinajstić information content (AvgIpc) is 3.57. The Labute approximate surface area is 260 Å². The summed E-state index contributed by atoms with van der Waals surface area (Å²) in [5.74, 6) is 2.35. The van der Waals surface area contributed by atoms with Crippen LogP contribution in [-0.4, -0.2) is 19.9 Å². The Morgan fingerprint density at radius 3 is 1.31 bits per heavy atom. The van der Waals surface area contributed by atoms with Gasteiger partial charge in [-0.1, -0.05) is 109 Å². The molecule has 0 aliphatic heterocycles. The van der Waals surface area contributed by atoms with Gasteiger partial charge >= 0.3 is 0 Å². The van der Waals surface area contributed by atoms with Crippen LogP contribution < -0.4 is 0 Å². The van der Waals surface area contributed by atoms with Crippen LogP contribution in [0.3, 0.4) is 0 Å². The standard InChI is InChI=1S/C40H26N4O/c1-5-13-27(14-6-1)32-23-33(28-15-7-2-8-16-28)25-34(24-32)39-43-37(29-17-9-3-10-18-29)42-38(44-39)31-21-22-36-35(26-31)41-40(45-36)30-19-11-4-12-20-30/h1-26H. The van der Waals surface area contributed by atoms with Gasteiger partial charge in [-0.2, -0.15) is 0 Å². The van der Waals surface area contributed by atoms with Gasteiger partial charge < -0.3 is 4.42 Å². The van der Waals surface area contributed by atoms with E-state index in [4.69, 9.17) is 24.4 Å². The van der Waals surface area contributed by atoms with Crippen molar-refractivity contribution in [2.45, 2.75) is 0 Å². The highest BCUT2D eigenvalue weighted by Crippen LogP contribution is 2.34. The lowest BCUT2D eigenvalue weighted by atomic mass is 9.96. The summed E-state index contributed by atoms with van der Waals surface area (Å²) >= 11 is 0. The SMILES string of the molecule is c1ccc(-c2cc(-c3ccccc3)cc(-c3nc(-c4ccccc4)nc(-c4ccc5oc(-c6ccccc6)nc5c4)n3)c2)cc1. The zero-order valence-electron chi connectivity index (χ0n) is 24.2. The van der Waals surface area contributed by atoms with Gasteiger partial charge in [-0.25, -0.2) is 19.9 Å². The van der Waals surface area contributed by atoms with Crippen LogP contribution in [0.2, 0.25) is 0 Å². The number of oxazole rings is 1. The maximum atomic E-state index is 6.08. The molecule has 0 aliphatic rings. The number of hydrogen-bond acceptors (Lipinski definition) is 5. The van der Waals surface area contributed by atoms with Crippen molar-refractivity contribution in [2.24, 2.45) is 0 Å². The highest BCUT2D eigenvalue weighted by Gasteiger charge is 2.16. The van der Waals surface area contributed by atoms with Crippen molar-refractivity contribution in [1.29, 1.82) is 0 Å². The Hall–Kier alpha value is -6.20. The maximum absolute atomic E-state index is 6.08. The number of nitrogens with zero attached hydrogens (tertiary/aromatic N) is 4. The number of rotatable bonds is 6. The molecule has 0 spiro atoms. The van der Waals surface area contributed by atoms with E-state index < -0.39 is 0 Å². The van der Waals surface area contributed by atoms with Crippen molar-refractivity contribution in [3.05, 3.63) is 158 Å². The van der Waals surface area contributed by atoms with Gasteiger partial charge in [-0.15, -0.1) is 0 Å². The lowest BCUT2D eigenvalue weighted by molar-refractivity contribution is 0.620. The lowest BCUT2D eigenvalue weighted by Gasteiger charge is -2.12. The summed E-state index contributed by atoms with van der Waals surface area (Å²) in [4.78, 5) is 19.8. The first-order chi connectivity index (χ1) is 22.3. The fourth-order valence-corrected chi connectivity index (χ4v) is 5.47. The van der Waals surface area contributed by atoms with Crippen LogP contribution in [-0.2, 0) is 0 Å². The topological polar surface area (TPSA) is 64.7 Å². The van der Waals surface area contributed by atoms with Gasteiger partial charge in [-0.05, 0) is 70.8 Å². The van der Waals surface area contributed by atoms with Crippen molar-refractivity contribution in [2.75, 3.05) is 0 Å². The second kappa shape index (κ2) is 11.5. The van der Waals surface area contributed by atoms with Crippen LogP contribution in [0.25, 0.3) is 79.0 Å². The second-order valence-electron chi connectivity index (χ2n) is 10.8. The minimum absolute atomic E-state index is 0.566. The number of fused-ring (bicyclic) bond motifs is 1. The molecule has 0 bridgehead atoms. The summed E-state index contributed by atoms with van der Waals surface area (Å²) in [6.45, 7) is 0. The van der Waals surface area contributed by atoms with Crippen LogP contribution in [0.5, 0.6) is 0 Å². The van der Waals surface area contributed by atoms with Gasteiger partial charge in [0.15, 0.2) is 23.1 Å². The molecule has 45 heavy (non-hydrogen) atoms. The van der Waals surface area contributed by atoms with Crippen LogP contribution in [0.4, 0.5) is 0 Å². The minimum Gasteiger partial charge on any atom is -0.436 e. The molecular formula is C40H26N4O. The second-order valence-corrected chi connectivity index (χ2v) is 10.8. The molecule has 5 nitrogen and oxygen atoms in total. The zero-order chi connectivity index (χ0) is 30.0. The monoisotopic (exact) mass is 578 g/mol. The predicted molar refractivity (Wildman–Crippen MR) is 180 cm³/mol. The van der Waals surface area contributed by atoms with Gasteiger partial charge in [0.05, 0.1) is 0 Å². The molecule has 0 N–H and O–H groups in total. The van der Waals surface area contributed by atoms with Gasteiger partial charge in [-0.3, -0.25) is 0 Å². The van der Waals surface area contributed by atoms with Crippen LogP contribution in [0.15, 0.2) is 162 Å². The molecule has 2 aromatic heterocycles. The lowest BCUT2D eigenvalue weighted by Crippen LogP contribution is -2.00. The van der Waals surface area contributed by atoms with E-state index in [0.717, 1.165) is 50.0 Å². The molecule has 0 saturated carbocycles. The highest BCUT2D eigenvalue weighted by atomic mass is 16.3. The zero-order valence-corrected chi connectivity index (χ0v) is 24.2. The largest absolute Gasteiger partial charge is 0.436 e. The van der Waals surface area contributed by atoms with Gasteiger partial charge in [0.2, 0.25) is 5.89 Å². The maximum Gasteiger partial charge on any atom is 0.227 e. The Morgan fingerprint density at radius 1 is 0.311 bits per heavy atom. The molecule has 0 amide bonds. The van der Waals surface area contributed by atoms with Gasteiger partial charge in [0, 0.05) is 22.3 Å². The van der Waals surface area contributed by atoms with Crippen molar-refractivity contribution in [1.82, 2.24) is 19.9 Å². The summed E-state index contributed by atoms with van der Waals surface area (Å²) in [6.07, 6.45) is 0. The van der Waals surface area contributed by atoms with Crippen LogP contribution >= 0.6 is 0 Å². The number of aromatic nitrogens is 4. The van der Waals surface area contributed by atoms with Crippen molar-refractivity contribution in [3.63, 3.8) is 0 Å². The molecule has 0 atom stereocenters. The fraction of sp³-hybridized carbons (Fsp3) is 0. The van der Waals surface area contributed by atoms with E-state index in [0.29, 0.717) is 28.9 Å². The average molecular weight is 579 g/mol. The molecule has 0 radical (unpaired) electrons. The molecule has 5 heteroatoms. The summed E-state index contributed by atoms with van der Waals surface area (Å²) < 4.78 is 6.08. The molecule has 212 valence electrons. The molecule has 0 unspecified atom stereocenters. The van der Waals surface area contributed by atoms with E-state index in [1.54, 1.807) is 0 Å². The summed E-state index contributed by atoms with van der Waals surface area (Å²) in [6, 6.07) is 53.1. The molecule has 2 heterocycles. The minimum atomic E-state index is 0.566. The van der Waals surface area contributed by atoms with Gasteiger partial charge in [0.25, 0.3) is 0 Å². The Balaban J connectivity index is 1.30. The number of hydrogen-bond donors (Lipinski definition) is 0. The summed E-state index contributed by atoms with van der Waals surface area (Å²) in [5.41, 5.74) is 9.46. The summed E-state index contributed by atoms with van der Waals surface area (Å²) in [7, 11) is 0. The van der Waals surface area contributed by atoms with E-state index in [1.165, 1.54) is 0 Å². The normalized spacial score (nSPS) is 11.1. The van der Waals surface area contributed by atoms with E-state index in [-0.39, 0.29) is 0 Å². The Bertz CT molecular complexity index is 2190. The third kappa shape index (κ3) is 5.39. The van der Waals surface area contributed by atoms with Crippen molar-refractivity contribution in [3.8, 4) is 67.9 Å². The first-order valence-electron chi connectivity index (χ1n) is 14.8. The Kier molecular flexibility index (Phi) is 6.74. The molecule has 0 saturated heterocycles. The third-order valence-corrected chi connectivity index (χ3v) is 7.74. The first kappa shape index (κ1) is 26.4. The van der Waals surface area contributed by atoms with E-state index >= 15 is 0 Å². The summed E-state index contributed by atoms with van der Waals surface area (Å²) in [5, 5.41) is 0. The molecule has 8 rings (SSSR count). The van der Waals surface area contributed by atoms with E-state index in [1.807, 2.05) is 91.0 Å². The Morgan fingerprint density at radius 2 is 0.756 bits per heavy atom. The fourth-order valence-electron chi connectivity index (χ4n) is 5.47. The van der Waals surface area contributed by atoms with E-state index in [2.05, 4.69) is 66.7 Å². The molecular weight excluding hydrogens is 552 g/mol. The van der Waals surface area contributed by atoms with Gasteiger partial charge in [0.1, 0.15) is 5.52 Å². The molecule has 8 aromatic rings. The smallest absolute Gasteiger partial charge is 0.227 e. The molecule has 0 aliphatic carbocycles. The quantitative estimate of drug-likeness (QED) is 0.196. The van der Waals surface area contributed by atoms with Crippen molar-refractivity contribution < 1.29 is 4.42 Å². The number of benzene rings is 6. The molecule has 0 fully saturated rings. The molecule has 6 aromatic carbocycles. The third-order valence-electron chi connectivity index (χ3n) is 7.74. The first-order valence-corrected chi connectivity index (χ1v) is 14.8. The predicted octanol–water partition coefficient (Wildman–Crippen LogP) is 10.0. The highest BCUT2D eigenvalue weighted by molar-refractivity contribution is 5.83. The van der Waals surface area contributed by atoms with Crippen LogP contribution in [0.1, 0.15) is 0 Å².